The summed E-state index contributed by atoms with van der Waals surface area (Å²) >= 11 is 0. The lowest BCUT2D eigenvalue weighted by atomic mass is 9.75. The molecule has 2 aromatic rings. The van der Waals surface area contributed by atoms with Gasteiger partial charge in [-0.1, -0.05) is 31.1 Å². The molecule has 1 heterocycles. The maximum Gasteiger partial charge on any atom is 0.220 e. The van der Waals surface area contributed by atoms with E-state index in [1.807, 2.05) is 24.3 Å². The smallest absolute Gasteiger partial charge is 0.220 e. The minimum absolute atomic E-state index is 0.0673. The molecule has 1 aromatic carbocycles. The Kier molecular flexibility index (Phi) is 4.61. The van der Waals surface area contributed by atoms with Gasteiger partial charge < -0.3 is 15.0 Å². The standard InChI is InChI=1S/C19H22N2O4/c1-19(2)10-14-18(15(22)11-19)16(25-21-14)9-12-3-5-13(6-4-12)24-8-7-17(20)23/h3-6H,7-11H2,1-2H3,(H2,20,23). The summed E-state index contributed by atoms with van der Waals surface area (Å²) in [7, 11) is 0. The van der Waals surface area contributed by atoms with E-state index in [9.17, 15) is 9.59 Å². The highest BCUT2D eigenvalue weighted by molar-refractivity contribution is 5.99. The number of carbonyl (C=O) groups is 2. The van der Waals surface area contributed by atoms with Crippen LogP contribution in [-0.2, 0) is 17.6 Å². The van der Waals surface area contributed by atoms with Crippen LogP contribution in [0.1, 0.15) is 54.1 Å². The second-order valence-electron chi connectivity index (χ2n) is 7.25. The molecule has 0 atom stereocenters. The van der Waals surface area contributed by atoms with E-state index < -0.39 is 0 Å². The van der Waals surface area contributed by atoms with Crippen molar-refractivity contribution in [3.05, 3.63) is 46.8 Å². The highest BCUT2D eigenvalue weighted by atomic mass is 16.5. The monoisotopic (exact) mass is 342 g/mol. The van der Waals surface area contributed by atoms with E-state index in [4.69, 9.17) is 15.0 Å². The van der Waals surface area contributed by atoms with E-state index >= 15 is 0 Å². The number of Topliss-reactive ketones (excluding diaryl/α,β-unsaturated/α-hetero) is 1. The molecule has 0 aliphatic heterocycles. The average molecular weight is 342 g/mol. The van der Waals surface area contributed by atoms with Gasteiger partial charge in [-0.2, -0.15) is 0 Å². The van der Waals surface area contributed by atoms with Gasteiger partial charge in [0.2, 0.25) is 5.91 Å². The maximum atomic E-state index is 12.4. The molecule has 3 rings (SSSR count). The number of ether oxygens (including phenoxy) is 1. The number of benzene rings is 1. The largest absolute Gasteiger partial charge is 0.493 e. The molecule has 6 heteroatoms. The highest BCUT2D eigenvalue weighted by Crippen LogP contribution is 2.36. The van der Waals surface area contributed by atoms with Crippen LogP contribution in [0.15, 0.2) is 28.8 Å². The molecule has 132 valence electrons. The topological polar surface area (TPSA) is 95.4 Å². The van der Waals surface area contributed by atoms with Gasteiger partial charge in [-0.15, -0.1) is 0 Å². The molecule has 0 spiro atoms. The summed E-state index contributed by atoms with van der Waals surface area (Å²) in [6.45, 7) is 4.40. The molecule has 0 saturated heterocycles. The average Bonchev–Trinajstić information content (AvgIpc) is 2.90. The number of hydrogen-bond acceptors (Lipinski definition) is 5. The number of primary amides is 1. The third-order valence-electron chi connectivity index (χ3n) is 4.30. The van der Waals surface area contributed by atoms with Crippen molar-refractivity contribution in [2.45, 2.75) is 39.5 Å². The molecule has 0 bridgehead atoms. The Hall–Kier alpha value is -2.63. The Morgan fingerprint density at radius 2 is 2.00 bits per heavy atom. The van der Waals surface area contributed by atoms with Crippen LogP contribution >= 0.6 is 0 Å². The van der Waals surface area contributed by atoms with Gasteiger partial charge in [-0.05, 0) is 29.5 Å². The second-order valence-corrected chi connectivity index (χ2v) is 7.25. The third kappa shape index (κ3) is 4.07. The Morgan fingerprint density at radius 3 is 2.68 bits per heavy atom. The first kappa shape index (κ1) is 17.2. The fourth-order valence-corrected chi connectivity index (χ4v) is 3.12. The van der Waals surface area contributed by atoms with Gasteiger partial charge in [0.25, 0.3) is 0 Å². The molecule has 0 unspecified atom stereocenters. The van der Waals surface area contributed by atoms with Crippen LogP contribution in [0.2, 0.25) is 0 Å². The number of carbonyl (C=O) groups excluding carboxylic acids is 2. The van der Waals surface area contributed by atoms with Crippen LogP contribution in [0.3, 0.4) is 0 Å². The van der Waals surface area contributed by atoms with E-state index in [2.05, 4.69) is 19.0 Å². The number of nitrogens with two attached hydrogens (primary N) is 1. The predicted octanol–water partition coefficient (Wildman–Crippen LogP) is 2.67. The number of ketones is 1. The van der Waals surface area contributed by atoms with Crippen molar-refractivity contribution >= 4 is 11.7 Å². The zero-order valence-corrected chi connectivity index (χ0v) is 14.5. The molecule has 2 N–H and O–H groups in total. The van der Waals surface area contributed by atoms with Crippen molar-refractivity contribution in [3.8, 4) is 5.75 Å². The first-order valence-electron chi connectivity index (χ1n) is 8.35. The van der Waals surface area contributed by atoms with Crippen LogP contribution in [0.5, 0.6) is 5.75 Å². The molecular formula is C19H22N2O4. The van der Waals surface area contributed by atoms with Crippen molar-refractivity contribution in [1.29, 1.82) is 0 Å². The quantitative estimate of drug-likeness (QED) is 0.871. The molecule has 0 fully saturated rings. The van der Waals surface area contributed by atoms with Crippen molar-refractivity contribution in [2.24, 2.45) is 11.1 Å². The molecule has 1 aliphatic rings. The van der Waals surface area contributed by atoms with E-state index in [1.54, 1.807) is 0 Å². The summed E-state index contributed by atoms with van der Waals surface area (Å²) in [5, 5.41) is 4.11. The SMILES string of the molecule is CC1(C)CC(=O)c2c(noc2Cc2ccc(OCCC(N)=O)cc2)C1. The van der Waals surface area contributed by atoms with E-state index in [0.717, 1.165) is 17.7 Å². The molecule has 1 aromatic heterocycles. The highest BCUT2D eigenvalue weighted by Gasteiger charge is 2.35. The molecular weight excluding hydrogens is 320 g/mol. The fraction of sp³-hybridized carbons (Fsp3) is 0.421. The number of nitrogens with zero attached hydrogens (tertiary/aromatic N) is 1. The zero-order chi connectivity index (χ0) is 18.0. The van der Waals surface area contributed by atoms with Crippen LogP contribution in [0.25, 0.3) is 0 Å². The minimum Gasteiger partial charge on any atom is -0.493 e. The Balaban J connectivity index is 1.69. The number of amides is 1. The van der Waals surface area contributed by atoms with Gasteiger partial charge >= 0.3 is 0 Å². The van der Waals surface area contributed by atoms with Crippen molar-refractivity contribution in [2.75, 3.05) is 6.61 Å². The zero-order valence-electron chi connectivity index (χ0n) is 14.5. The number of aromatic nitrogens is 1. The third-order valence-corrected chi connectivity index (χ3v) is 4.30. The predicted molar refractivity (Wildman–Crippen MR) is 91.5 cm³/mol. The lowest BCUT2D eigenvalue weighted by Gasteiger charge is -2.26. The summed E-state index contributed by atoms with van der Waals surface area (Å²) in [5.74, 6) is 1.01. The fourth-order valence-electron chi connectivity index (χ4n) is 3.12. The van der Waals surface area contributed by atoms with E-state index in [1.165, 1.54) is 0 Å². The van der Waals surface area contributed by atoms with Crippen molar-refractivity contribution < 1.29 is 18.8 Å². The summed E-state index contributed by atoms with van der Waals surface area (Å²) in [6, 6.07) is 7.46. The number of fused-ring (bicyclic) bond motifs is 1. The number of hydrogen-bond donors (Lipinski definition) is 1. The Morgan fingerprint density at radius 1 is 1.28 bits per heavy atom. The summed E-state index contributed by atoms with van der Waals surface area (Å²) in [6.07, 6.45) is 1.96. The van der Waals surface area contributed by atoms with Gasteiger partial charge in [0.1, 0.15) is 5.75 Å². The lowest BCUT2D eigenvalue weighted by molar-refractivity contribution is -0.118. The molecule has 25 heavy (non-hydrogen) atoms. The molecule has 1 amide bonds. The van der Waals surface area contributed by atoms with Gasteiger partial charge in [0.05, 0.1) is 24.3 Å². The Labute approximate surface area is 146 Å². The van der Waals surface area contributed by atoms with Crippen LogP contribution in [-0.4, -0.2) is 23.5 Å². The second kappa shape index (κ2) is 6.70. The molecule has 0 saturated carbocycles. The van der Waals surface area contributed by atoms with Crippen LogP contribution in [0, 0.1) is 5.41 Å². The molecule has 1 aliphatic carbocycles. The number of rotatable bonds is 6. The normalized spacial score (nSPS) is 15.7. The van der Waals surface area contributed by atoms with Gasteiger partial charge in [-0.3, -0.25) is 9.59 Å². The molecule has 6 nitrogen and oxygen atoms in total. The maximum absolute atomic E-state index is 12.4. The summed E-state index contributed by atoms with van der Waals surface area (Å²) in [4.78, 5) is 23.1. The minimum atomic E-state index is -0.389. The van der Waals surface area contributed by atoms with Crippen LogP contribution < -0.4 is 10.5 Å². The summed E-state index contributed by atoms with van der Waals surface area (Å²) < 4.78 is 10.9. The van der Waals surface area contributed by atoms with Gasteiger partial charge in [0, 0.05) is 12.8 Å². The van der Waals surface area contributed by atoms with Crippen LogP contribution in [0.4, 0.5) is 0 Å². The van der Waals surface area contributed by atoms with Gasteiger partial charge in [-0.25, -0.2) is 0 Å². The summed E-state index contributed by atoms with van der Waals surface area (Å²) in [5.41, 5.74) is 7.43. The first-order valence-corrected chi connectivity index (χ1v) is 8.35. The van der Waals surface area contributed by atoms with E-state index in [0.29, 0.717) is 29.9 Å². The lowest BCUT2D eigenvalue weighted by Crippen LogP contribution is -2.27. The first-order chi connectivity index (χ1) is 11.8. The van der Waals surface area contributed by atoms with Crippen molar-refractivity contribution in [3.63, 3.8) is 0 Å². The van der Waals surface area contributed by atoms with Gasteiger partial charge in [0.15, 0.2) is 11.5 Å². The molecule has 0 radical (unpaired) electrons. The Bertz CT molecular complexity index is 790. The van der Waals surface area contributed by atoms with E-state index in [-0.39, 0.29) is 30.1 Å². The van der Waals surface area contributed by atoms with Crippen molar-refractivity contribution in [1.82, 2.24) is 5.16 Å².